The molecule has 0 amide bonds. The number of rotatable bonds is 3. The van der Waals surface area contributed by atoms with Crippen molar-refractivity contribution in [2.45, 2.75) is 39.0 Å². The Morgan fingerprint density at radius 3 is 1.25 bits per heavy atom. The molecule has 0 nitrogen and oxygen atoms in total. The largest absolute Gasteiger partial charge is 0.147 e. The van der Waals surface area contributed by atoms with Gasteiger partial charge in [-0.15, -0.1) is 0 Å². The van der Waals surface area contributed by atoms with Gasteiger partial charge in [0.25, 0.3) is 0 Å². The fourth-order valence-electron chi connectivity index (χ4n) is 5.03. The van der Waals surface area contributed by atoms with Crippen LogP contribution in [0.25, 0.3) is 0 Å². The van der Waals surface area contributed by atoms with Gasteiger partial charge < -0.3 is 0 Å². The summed E-state index contributed by atoms with van der Waals surface area (Å²) in [5.41, 5.74) is 7.55. The molecule has 0 aromatic heterocycles. The summed E-state index contributed by atoms with van der Waals surface area (Å²) in [6, 6.07) is 22.5. The normalized spacial score (nSPS) is 33.1. The Labute approximate surface area is 187 Å². The lowest BCUT2D eigenvalue weighted by Crippen LogP contribution is -2.33. The Hall–Kier alpha value is -0.260. The van der Waals surface area contributed by atoms with Crippen LogP contribution in [0.3, 0.4) is 0 Å². The molecule has 0 spiro atoms. The quantitative estimate of drug-likeness (QED) is 0.277. The summed E-state index contributed by atoms with van der Waals surface area (Å²) in [5.74, 6) is -3.01. The van der Waals surface area contributed by atoms with Crippen LogP contribution in [0.1, 0.15) is 27.7 Å². The first kappa shape index (κ1) is 21.0. The molecule has 146 valence electrons. The zero-order valence-corrected chi connectivity index (χ0v) is 22.0. The molecule has 28 heavy (non-hydrogen) atoms. The van der Waals surface area contributed by atoms with Crippen molar-refractivity contribution in [2.75, 3.05) is 12.3 Å². The fraction of sp³-hybridized carbons (Fsp3) is 0.333. The maximum Gasteiger partial charge on any atom is 0.147 e. The van der Waals surface area contributed by atoms with E-state index in [1.54, 1.807) is 22.3 Å². The van der Waals surface area contributed by atoms with E-state index in [1.165, 1.54) is 22.9 Å². The summed E-state index contributed by atoms with van der Waals surface area (Å²) in [4.78, 5) is 0. The molecule has 4 atom stereocenters. The molecule has 2 heterocycles. The molecule has 4 rings (SSSR count). The molecule has 0 saturated carbocycles. The van der Waals surface area contributed by atoms with E-state index in [9.17, 15) is 0 Å². The van der Waals surface area contributed by atoms with Gasteiger partial charge in [-0.05, 0) is 74.3 Å². The lowest BCUT2D eigenvalue weighted by molar-refractivity contribution is 0.947. The second-order valence-corrected chi connectivity index (χ2v) is 21.8. The van der Waals surface area contributed by atoms with Crippen LogP contribution in [0.2, 0.25) is 0 Å². The third-order valence-corrected chi connectivity index (χ3v) is 20.9. The predicted molar refractivity (Wildman–Crippen MR) is 138 cm³/mol. The summed E-state index contributed by atoms with van der Waals surface area (Å²) < 4.78 is 0. The van der Waals surface area contributed by atoms with E-state index in [1.807, 2.05) is 0 Å². The third-order valence-electron chi connectivity index (χ3n) is 6.72. The van der Waals surface area contributed by atoms with E-state index in [2.05, 4.69) is 119 Å². The Morgan fingerprint density at radius 1 is 0.607 bits per heavy atom. The van der Waals surface area contributed by atoms with Gasteiger partial charge in [0.15, 0.2) is 0 Å². The minimum absolute atomic E-state index is 0.570. The van der Waals surface area contributed by atoms with Crippen LogP contribution in [0.15, 0.2) is 83.0 Å². The topological polar surface area (TPSA) is 0 Å². The molecular formula is C24H28Br2P2+2. The highest BCUT2D eigenvalue weighted by Crippen LogP contribution is 2.84. The lowest BCUT2D eigenvalue weighted by atomic mass is 10.0. The monoisotopic (exact) mass is 536 g/mol. The Kier molecular flexibility index (Phi) is 5.83. The molecule has 2 aromatic rings. The van der Waals surface area contributed by atoms with E-state index in [-0.39, 0.29) is 0 Å². The SMILES string of the molecule is CC1=C(C)C(C2C(C)=C(C)C[P+]2(Br)c2ccccc2)[P+](Br)(c2ccccc2)C1. The van der Waals surface area contributed by atoms with Gasteiger partial charge >= 0.3 is 0 Å². The van der Waals surface area contributed by atoms with Gasteiger partial charge in [-0.25, -0.2) is 0 Å². The number of allylic oxidation sites excluding steroid dienone is 4. The van der Waals surface area contributed by atoms with Crippen molar-refractivity contribution in [3.8, 4) is 0 Å². The molecule has 0 fully saturated rings. The van der Waals surface area contributed by atoms with E-state index in [4.69, 9.17) is 0 Å². The van der Waals surface area contributed by atoms with Crippen LogP contribution < -0.4 is 10.6 Å². The number of benzene rings is 2. The van der Waals surface area contributed by atoms with Crippen LogP contribution in [-0.4, -0.2) is 23.6 Å². The first-order valence-electron chi connectivity index (χ1n) is 9.87. The molecule has 2 aliphatic rings. The fourth-order valence-corrected chi connectivity index (χ4v) is 22.1. The van der Waals surface area contributed by atoms with Gasteiger partial charge in [-0.2, -0.15) is 0 Å². The lowest BCUT2D eigenvalue weighted by Gasteiger charge is -2.33. The molecule has 2 aliphatic heterocycles. The minimum Gasteiger partial charge on any atom is -0.0620 e. The average Bonchev–Trinajstić information content (AvgIpc) is 3.07. The van der Waals surface area contributed by atoms with Crippen LogP contribution >= 0.6 is 42.9 Å². The molecule has 4 heteroatoms. The van der Waals surface area contributed by atoms with Crippen molar-refractivity contribution in [1.29, 1.82) is 0 Å². The van der Waals surface area contributed by atoms with Crippen LogP contribution in [0.4, 0.5) is 0 Å². The molecule has 4 unspecified atom stereocenters. The molecule has 0 aliphatic carbocycles. The zero-order valence-electron chi connectivity index (χ0n) is 17.0. The van der Waals surface area contributed by atoms with Gasteiger partial charge in [0.05, 0.1) is 12.3 Å². The Morgan fingerprint density at radius 2 is 0.929 bits per heavy atom. The molecule has 0 radical (unpaired) electrons. The maximum absolute atomic E-state index is 4.43. The highest BCUT2D eigenvalue weighted by molar-refractivity contribution is 9.43. The second-order valence-electron chi connectivity index (χ2n) is 8.35. The van der Waals surface area contributed by atoms with E-state index in [0.29, 0.717) is 11.3 Å². The predicted octanol–water partition coefficient (Wildman–Crippen LogP) is 7.73. The van der Waals surface area contributed by atoms with Crippen molar-refractivity contribution in [2.24, 2.45) is 0 Å². The number of hydrogen-bond acceptors (Lipinski definition) is 0. The highest BCUT2D eigenvalue weighted by atomic mass is 79.9. The standard InChI is InChI=1S/C24H28Br2P2/c1-17-15-27(25,21-11-7-5-8-12-21)23(19(17)3)24-20(4)18(2)16-28(24,26)22-13-9-6-10-14-22/h5-14,23-24H,15-16H2,1-4H3/q+2. The molecule has 0 N–H and O–H groups in total. The van der Waals surface area contributed by atoms with Crippen molar-refractivity contribution in [3.05, 3.63) is 83.0 Å². The van der Waals surface area contributed by atoms with Crippen molar-refractivity contribution >= 4 is 53.5 Å². The van der Waals surface area contributed by atoms with Gasteiger partial charge in [0.1, 0.15) is 64.8 Å². The molecular weight excluding hydrogens is 510 g/mol. The van der Waals surface area contributed by atoms with E-state index < -0.39 is 11.9 Å². The summed E-state index contributed by atoms with van der Waals surface area (Å²) in [6.07, 6.45) is 2.39. The first-order chi connectivity index (χ1) is 13.3. The van der Waals surface area contributed by atoms with Gasteiger partial charge in [-0.1, -0.05) is 36.4 Å². The van der Waals surface area contributed by atoms with Gasteiger partial charge in [-0.3, -0.25) is 0 Å². The van der Waals surface area contributed by atoms with Crippen molar-refractivity contribution in [1.82, 2.24) is 0 Å². The highest BCUT2D eigenvalue weighted by Gasteiger charge is 2.66. The summed E-state index contributed by atoms with van der Waals surface area (Å²) >= 11 is 8.85. The molecule has 0 bridgehead atoms. The summed E-state index contributed by atoms with van der Waals surface area (Å²) in [5, 5.41) is 3.03. The molecule has 2 aromatic carbocycles. The first-order valence-corrected chi connectivity index (χ1v) is 18.0. The smallest absolute Gasteiger partial charge is 0.0620 e. The summed E-state index contributed by atoms with van der Waals surface area (Å²) in [6.45, 7) is 9.50. The van der Waals surface area contributed by atoms with Gasteiger partial charge in [0, 0.05) is 0 Å². The van der Waals surface area contributed by atoms with E-state index >= 15 is 0 Å². The Balaban J connectivity index is 1.90. The minimum atomic E-state index is -1.51. The average molecular weight is 538 g/mol. The van der Waals surface area contributed by atoms with Crippen molar-refractivity contribution < 1.29 is 0 Å². The van der Waals surface area contributed by atoms with Crippen LogP contribution in [0, 0.1) is 0 Å². The van der Waals surface area contributed by atoms with Crippen LogP contribution in [0.5, 0.6) is 0 Å². The van der Waals surface area contributed by atoms with Gasteiger partial charge in [0.2, 0.25) is 0 Å². The van der Waals surface area contributed by atoms with Crippen molar-refractivity contribution in [3.63, 3.8) is 0 Å². The molecule has 0 saturated heterocycles. The maximum atomic E-state index is 4.43. The van der Waals surface area contributed by atoms with E-state index in [0.717, 1.165) is 0 Å². The number of halogens is 2. The number of hydrogen-bond donors (Lipinski definition) is 0. The zero-order chi connectivity index (χ0) is 20.1. The summed E-state index contributed by atoms with van der Waals surface area (Å²) in [7, 11) is 0. The Bertz CT molecular complexity index is 872. The third kappa shape index (κ3) is 3.24. The second kappa shape index (κ2) is 7.77. The van der Waals surface area contributed by atoms with Crippen LogP contribution in [-0.2, 0) is 0 Å².